The van der Waals surface area contributed by atoms with Crippen molar-refractivity contribution in [3.63, 3.8) is 0 Å². The number of amides is 1. The summed E-state index contributed by atoms with van der Waals surface area (Å²) in [6.45, 7) is 0.372. The first-order chi connectivity index (χ1) is 14.4. The number of benzene rings is 2. The molecule has 2 aromatic carbocycles. The third-order valence-electron chi connectivity index (χ3n) is 4.95. The molecule has 0 spiro atoms. The van der Waals surface area contributed by atoms with Gasteiger partial charge in [0.1, 0.15) is 23.0 Å². The molecule has 8 nitrogen and oxygen atoms in total. The van der Waals surface area contributed by atoms with Crippen LogP contribution in [0.1, 0.15) is 17.2 Å². The molecule has 30 heavy (non-hydrogen) atoms. The van der Waals surface area contributed by atoms with Gasteiger partial charge in [-0.3, -0.25) is 9.59 Å². The van der Waals surface area contributed by atoms with E-state index in [1.54, 1.807) is 30.3 Å². The lowest BCUT2D eigenvalue weighted by Gasteiger charge is -2.25. The summed E-state index contributed by atoms with van der Waals surface area (Å²) in [5.41, 5.74) is 0.759. The van der Waals surface area contributed by atoms with Crippen molar-refractivity contribution in [2.45, 2.75) is 6.04 Å². The average Bonchev–Trinajstić information content (AvgIpc) is 3.02. The SMILES string of the molecule is COCCN1C(=O)C(=O)/C(=C(\O)c2ccc(OC)cc2OC)C1c1ccc(O)cc1. The normalized spacial score (nSPS) is 18.0. The first-order valence-corrected chi connectivity index (χ1v) is 9.21. The molecule has 1 saturated heterocycles. The molecule has 3 rings (SSSR count). The number of phenols is 1. The van der Waals surface area contributed by atoms with E-state index in [0.29, 0.717) is 17.1 Å². The molecule has 1 fully saturated rings. The van der Waals surface area contributed by atoms with E-state index in [-0.39, 0.29) is 35.8 Å². The zero-order valence-corrected chi connectivity index (χ0v) is 16.9. The highest BCUT2D eigenvalue weighted by Crippen LogP contribution is 2.41. The standard InChI is InChI=1S/C22H23NO7/c1-28-11-10-23-19(13-4-6-14(24)7-5-13)18(21(26)22(23)27)20(25)16-9-8-15(29-2)12-17(16)30-3/h4-9,12,19,24-25H,10-11H2,1-3H3/b20-18-. The van der Waals surface area contributed by atoms with Crippen molar-refractivity contribution in [2.75, 3.05) is 34.5 Å². The van der Waals surface area contributed by atoms with Crippen LogP contribution in [0.5, 0.6) is 17.2 Å². The van der Waals surface area contributed by atoms with Gasteiger partial charge in [-0.2, -0.15) is 0 Å². The molecule has 8 heteroatoms. The fraction of sp³-hybridized carbons (Fsp3) is 0.273. The molecular formula is C22H23NO7. The number of nitrogens with zero attached hydrogens (tertiary/aromatic N) is 1. The molecule has 0 aliphatic carbocycles. The Morgan fingerprint density at radius 2 is 1.73 bits per heavy atom. The molecule has 158 valence electrons. The number of aliphatic hydroxyl groups excluding tert-OH is 1. The molecule has 2 aromatic rings. The van der Waals surface area contributed by atoms with Gasteiger partial charge in [-0.05, 0) is 29.8 Å². The van der Waals surface area contributed by atoms with Crippen LogP contribution in [0.25, 0.3) is 5.76 Å². The number of Topliss-reactive ketones (excluding diaryl/α,β-unsaturated/α-hetero) is 1. The third-order valence-corrected chi connectivity index (χ3v) is 4.95. The Balaban J connectivity index is 2.19. The fourth-order valence-electron chi connectivity index (χ4n) is 3.44. The van der Waals surface area contributed by atoms with Gasteiger partial charge in [-0.15, -0.1) is 0 Å². The molecule has 0 radical (unpaired) electrons. The van der Waals surface area contributed by atoms with Gasteiger partial charge in [0.15, 0.2) is 0 Å². The predicted octanol–water partition coefficient (Wildman–Crippen LogP) is 2.48. The van der Waals surface area contributed by atoms with Gasteiger partial charge in [0.2, 0.25) is 0 Å². The fourth-order valence-corrected chi connectivity index (χ4v) is 3.44. The maximum Gasteiger partial charge on any atom is 0.295 e. The number of ketones is 1. The van der Waals surface area contributed by atoms with Crippen LogP contribution in [0.2, 0.25) is 0 Å². The third kappa shape index (κ3) is 3.81. The van der Waals surface area contributed by atoms with E-state index in [2.05, 4.69) is 0 Å². The Kier molecular flexibility index (Phi) is 6.27. The van der Waals surface area contributed by atoms with E-state index in [1.807, 2.05) is 0 Å². The van der Waals surface area contributed by atoms with Gasteiger partial charge in [-0.1, -0.05) is 12.1 Å². The van der Waals surface area contributed by atoms with Gasteiger partial charge in [-0.25, -0.2) is 0 Å². The minimum atomic E-state index is -0.840. The zero-order chi connectivity index (χ0) is 21.8. The van der Waals surface area contributed by atoms with E-state index in [9.17, 15) is 19.8 Å². The number of hydrogen-bond donors (Lipinski definition) is 2. The lowest BCUT2D eigenvalue weighted by molar-refractivity contribution is -0.140. The molecule has 1 aliphatic rings. The van der Waals surface area contributed by atoms with Crippen LogP contribution in [-0.4, -0.2) is 61.3 Å². The molecule has 1 amide bonds. The smallest absolute Gasteiger partial charge is 0.295 e. The van der Waals surface area contributed by atoms with Crippen molar-refractivity contribution in [2.24, 2.45) is 0 Å². The van der Waals surface area contributed by atoms with Crippen LogP contribution in [0.3, 0.4) is 0 Å². The maximum atomic E-state index is 12.9. The van der Waals surface area contributed by atoms with Crippen LogP contribution in [-0.2, 0) is 14.3 Å². The Labute approximate surface area is 173 Å². The lowest BCUT2D eigenvalue weighted by atomic mass is 9.95. The number of rotatable bonds is 7. The van der Waals surface area contributed by atoms with Crippen molar-refractivity contribution in [1.82, 2.24) is 4.90 Å². The Morgan fingerprint density at radius 1 is 1.03 bits per heavy atom. The Hall–Kier alpha value is -3.52. The summed E-state index contributed by atoms with van der Waals surface area (Å²) in [5, 5.41) is 20.7. The van der Waals surface area contributed by atoms with Crippen LogP contribution in [0.15, 0.2) is 48.0 Å². The van der Waals surface area contributed by atoms with Crippen molar-refractivity contribution >= 4 is 17.4 Å². The lowest BCUT2D eigenvalue weighted by Crippen LogP contribution is -2.32. The highest BCUT2D eigenvalue weighted by atomic mass is 16.5. The number of hydrogen-bond acceptors (Lipinski definition) is 7. The van der Waals surface area contributed by atoms with E-state index in [1.165, 1.54) is 38.4 Å². The summed E-state index contributed by atoms with van der Waals surface area (Å²) in [7, 11) is 4.43. The predicted molar refractivity (Wildman–Crippen MR) is 109 cm³/mol. The summed E-state index contributed by atoms with van der Waals surface area (Å²) in [6, 6.07) is 10.0. The quantitative estimate of drug-likeness (QED) is 0.408. The number of aliphatic hydroxyl groups is 1. The largest absolute Gasteiger partial charge is 0.508 e. The van der Waals surface area contributed by atoms with Crippen LogP contribution >= 0.6 is 0 Å². The van der Waals surface area contributed by atoms with Gasteiger partial charge in [0.25, 0.3) is 11.7 Å². The highest BCUT2D eigenvalue weighted by Gasteiger charge is 2.46. The molecular weight excluding hydrogens is 390 g/mol. The Morgan fingerprint density at radius 3 is 2.33 bits per heavy atom. The van der Waals surface area contributed by atoms with Crippen LogP contribution < -0.4 is 9.47 Å². The summed E-state index contributed by atoms with van der Waals surface area (Å²) in [4.78, 5) is 27.0. The zero-order valence-electron chi connectivity index (χ0n) is 16.9. The summed E-state index contributed by atoms with van der Waals surface area (Å²) in [6.07, 6.45) is 0. The van der Waals surface area contributed by atoms with Crippen molar-refractivity contribution in [1.29, 1.82) is 0 Å². The maximum absolute atomic E-state index is 12.9. The van der Waals surface area contributed by atoms with Gasteiger partial charge >= 0.3 is 0 Å². The minimum Gasteiger partial charge on any atom is -0.508 e. The second-order valence-corrected chi connectivity index (χ2v) is 6.64. The summed E-state index contributed by atoms with van der Waals surface area (Å²) < 4.78 is 15.6. The number of phenolic OH excluding ortho intramolecular Hbond substituents is 1. The Bertz CT molecular complexity index is 981. The van der Waals surface area contributed by atoms with Crippen molar-refractivity contribution in [3.8, 4) is 17.2 Å². The topological polar surface area (TPSA) is 106 Å². The number of methoxy groups -OCH3 is 3. The molecule has 1 heterocycles. The van der Waals surface area contributed by atoms with E-state index >= 15 is 0 Å². The monoisotopic (exact) mass is 413 g/mol. The number of ether oxygens (including phenoxy) is 3. The number of likely N-dealkylation sites (tertiary alicyclic amines) is 1. The molecule has 1 unspecified atom stereocenters. The van der Waals surface area contributed by atoms with Gasteiger partial charge in [0.05, 0.1) is 38.0 Å². The number of carbonyl (C=O) groups excluding carboxylic acids is 2. The first kappa shape index (κ1) is 21.2. The molecule has 0 bridgehead atoms. The second-order valence-electron chi connectivity index (χ2n) is 6.64. The van der Waals surface area contributed by atoms with Crippen LogP contribution in [0, 0.1) is 0 Å². The van der Waals surface area contributed by atoms with E-state index < -0.39 is 17.7 Å². The molecule has 1 atom stereocenters. The van der Waals surface area contributed by atoms with Gasteiger partial charge < -0.3 is 29.3 Å². The van der Waals surface area contributed by atoms with E-state index in [4.69, 9.17) is 14.2 Å². The van der Waals surface area contributed by atoms with Gasteiger partial charge in [0, 0.05) is 19.7 Å². The summed E-state index contributed by atoms with van der Waals surface area (Å²) >= 11 is 0. The average molecular weight is 413 g/mol. The van der Waals surface area contributed by atoms with Crippen molar-refractivity contribution in [3.05, 3.63) is 59.2 Å². The highest BCUT2D eigenvalue weighted by molar-refractivity contribution is 6.46. The second kappa shape index (κ2) is 8.87. The van der Waals surface area contributed by atoms with E-state index in [0.717, 1.165) is 0 Å². The molecule has 0 aromatic heterocycles. The van der Waals surface area contributed by atoms with Crippen molar-refractivity contribution < 1.29 is 34.0 Å². The summed E-state index contributed by atoms with van der Waals surface area (Å²) in [5.74, 6) is -1.05. The first-order valence-electron chi connectivity index (χ1n) is 9.21. The molecule has 2 N–H and O–H groups in total. The molecule has 0 saturated carbocycles. The van der Waals surface area contributed by atoms with Crippen LogP contribution in [0.4, 0.5) is 0 Å². The molecule has 1 aliphatic heterocycles. The number of carbonyl (C=O) groups is 2. The number of aromatic hydroxyl groups is 1. The minimum absolute atomic E-state index is 0.0458.